The molecule has 6 heteroatoms. The second-order valence-corrected chi connectivity index (χ2v) is 7.96. The van der Waals surface area contributed by atoms with Crippen LogP contribution in [0.5, 0.6) is 0 Å². The normalized spacial score (nSPS) is 18.1. The van der Waals surface area contributed by atoms with Gasteiger partial charge in [0.05, 0.1) is 24.3 Å². The minimum atomic E-state index is -1.05. The van der Waals surface area contributed by atoms with Crippen molar-refractivity contribution in [1.82, 2.24) is 4.90 Å². The molecule has 3 aromatic carbocycles. The molecule has 0 radical (unpaired) electrons. The molecular weight excluding hydrogens is 409 g/mol. The first-order valence-corrected chi connectivity index (χ1v) is 10.5. The van der Waals surface area contributed by atoms with E-state index in [1.807, 2.05) is 44.2 Å². The molecule has 1 N–H and O–H groups in total. The Bertz CT molecular complexity index is 1210. The number of Topliss-reactive ketones (excluding diaryl/α,β-unsaturated/α-hetero) is 1. The maximum atomic E-state index is 14.8. The molecule has 0 spiro atoms. The summed E-state index contributed by atoms with van der Waals surface area (Å²) in [5.41, 5.74) is 0.444. The van der Waals surface area contributed by atoms with Gasteiger partial charge in [0.15, 0.2) is 0 Å². The molecule has 1 aliphatic rings. The van der Waals surface area contributed by atoms with E-state index in [4.69, 9.17) is 4.74 Å². The molecule has 0 bridgehead atoms. The van der Waals surface area contributed by atoms with E-state index in [9.17, 15) is 19.1 Å². The predicted molar refractivity (Wildman–Crippen MR) is 120 cm³/mol. The van der Waals surface area contributed by atoms with Crippen LogP contribution in [0.1, 0.15) is 31.0 Å². The van der Waals surface area contributed by atoms with Crippen molar-refractivity contribution in [2.24, 2.45) is 0 Å². The smallest absolute Gasteiger partial charge is 0.295 e. The van der Waals surface area contributed by atoms with Crippen molar-refractivity contribution in [3.63, 3.8) is 0 Å². The second kappa shape index (κ2) is 8.93. The zero-order valence-electron chi connectivity index (χ0n) is 17.9. The van der Waals surface area contributed by atoms with Crippen molar-refractivity contribution in [2.75, 3.05) is 13.2 Å². The van der Waals surface area contributed by atoms with Gasteiger partial charge in [-0.25, -0.2) is 4.39 Å². The second-order valence-electron chi connectivity index (χ2n) is 7.96. The Hall–Kier alpha value is -3.51. The van der Waals surface area contributed by atoms with Crippen LogP contribution in [0, 0.1) is 5.82 Å². The highest BCUT2D eigenvalue weighted by Gasteiger charge is 2.46. The Labute approximate surface area is 185 Å². The topological polar surface area (TPSA) is 66.8 Å². The van der Waals surface area contributed by atoms with Crippen LogP contribution in [-0.4, -0.2) is 41.0 Å². The van der Waals surface area contributed by atoms with Crippen LogP contribution in [0.25, 0.3) is 16.5 Å². The van der Waals surface area contributed by atoms with Crippen LogP contribution < -0.4 is 0 Å². The molecule has 0 aliphatic carbocycles. The number of halogens is 1. The highest BCUT2D eigenvalue weighted by Crippen LogP contribution is 2.41. The number of fused-ring (bicyclic) bond motifs is 1. The van der Waals surface area contributed by atoms with E-state index in [0.717, 1.165) is 10.8 Å². The fourth-order valence-corrected chi connectivity index (χ4v) is 4.09. The Morgan fingerprint density at radius 2 is 1.72 bits per heavy atom. The fourth-order valence-electron chi connectivity index (χ4n) is 4.09. The van der Waals surface area contributed by atoms with Crippen molar-refractivity contribution in [3.8, 4) is 0 Å². The van der Waals surface area contributed by atoms with E-state index < -0.39 is 23.5 Å². The van der Waals surface area contributed by atoms with Crippen molar-refractivity contribution in [2.45, 2.75) is 26.0 Å². The summed E-state index contributed by atoms with van der Waals surface area (Å²) in [5.74, 6) is -2.50. The lowest BCUT2D eigenvalue weighted by atomic mass is 9.93. The van der Waals surface area contributed by atoms with Crippen LogP contribution in [0.2, 0.25) is 0 Å². The Morgan fingerprint density at radius 3 is 2.47 bits per heavy atom. The van der Waals surface area contributed by atoms with Crippen LogP contribution in [-0.2, 0) is 14.3 Å². The first-order chi connectivity index (χ1) is 15.4. The molecule has 0 saturated carbocycles. The summed E-state index contributed by atoms with van der Waals surface area (Å²) in [7, 11) is 0. The summed E-state index contributed by atoms with van der Waals surface area (Å²) >= 11 is 0. The number of likely N-dealkylation sites (tertiary alicyclic amines) is 1. The molecule has 0 aromatic heterocycles. The van der Waals surface area contributed by atoms with Gasteiger partial charge in [0.25, 0.3) is 11.7 Å². The van der Waals surface area contributed by atoms with Gasteiger partial charge in [0, 0.05) is 17.7 Å². The Morgan fingerprint density at radius 1 is 1.03 bits per heavy atom. The van der Waals surface area contributed by atoms with Gasteiger partial charge < -0.3 is 14.7 Å². The molecular formula is C26H24FNO4. The van der Waals surface area contributed by atoms with Gasteiger partial charge in [-0.2, -0.15) is 0 Å². The number of ketones is 1. The molecule has 1 saturated heterocycles. The maximum absolute atomic E-state index is 14.8. The minimum Gasteiger partial charge on any atom is -0.507 e. The summed E-state index contributed by atoms with van der Waals surface area (Å²) in [6, 6.07) is 17.7. The number of hydrogen-bond acceptors (Lipinski definition) is 4. The Balaban J connectivity index is 1.89. The molecule has 5 nitrogen and oxygen atoms in total. The average Bonchev–Trinajstić information content (AvgIpc) is 3.03. The molecule has 32 heavy (non-hydrogen) atoms. The SMILES string of the molecule is CC(C)OCCN1C(=O)C(=O)/C(=C(/O)c2cccc3ccccc23)C1c1ccccc1F. The first-order valence-electron chi connectivity index (χ1n) is 10.5. The number of hydrogen-bond donors (Lipinski definition) is 1. The number of nitrogens with zero attached hydrogens (tertiary/aromatic N) is 1. The lowest BCUT2D eigenvalue weighted by Crippen LogP contribution is -2.33. The highest BCUT2D eigenvalue weighted by molar-refractivity contribution is 6.46. The van der Waals surface area contributed by atoms with E-state index in [-0.39, 0.29) is 36.2 Å². The molecule has 1 atom stereocenters. The van der Waals surface area contributed by atoms with Crippen molar-refractivity contribution < 1.29 is 23.8 Å². The van der Waals surface area contributed by atoms with Gasteiger partial charge in [-0.3, -0.25) is 9.59 Å². The van der Waals surface area contributed by atoms with Gasteiger partial charge in [-0.05, 0) is 30.7 Å². The number of rotatable bonds is 6. The summed E-state index contributed by atoms with van der Waals surface area (Å²) in [6.45, 7) is 4.00. The van der Waals surface area contributed by atoms with E-state index in [0.29, 0.717) is 5.56 Å². The number of aliphatic hydroxyl groups excluding tert-OH is 1. The van der Waals surface area contributed by atoms with Crippen LogP contribution in [0.4, 0.5) is 4.39 Å². The summed E-state index contributed by atoms with van der Waals surface area (Å²) < 4.78 is 20.4. The van der Waals surface area contributed by atoms with E-state index in [1.165, 1.54) is 23.1 Å². The minimum absolute atomic E-state index is 0.0607. The lowest BCUT2D eigenvalue weighted by Gasteiger charge is -2.26. The predicted octanol–water partition coefficient (Wildman–Crippen LogP) is 4.83. The molecule has 1 unspecified atom stereocenters. The number of aliphatic hydroxyl groups is 1. The van der Waals surface area contributed by atoms with Gasteiger partial charge in [-0.1, -0.05) is 60.7 Å². The van der Waals surface area contributed by atoms with Crippen LogP contribution in [0.15, 0.2) is 72.3 Å². The Kier molecular flexibility index (Phi) is 6.06. The summed E-state index contributed by atoms with van der Waals surface area (Å²) in [5, 5.41) is 12.9. The molecule has 164 valence electrons. The molecule has 1 fully saturated rings. The number of ether oxygens (including phenoxy) is 1. The molecule has 4 rings (SSSR count). The number of amides is 1. The largest absolute Gasteiger partial charge is 0.507 e. The first kappa shape index (κ1) is 21.7. The molecule has 3 aromatic rings. The average molecular weight is 433 g/mol. The standard InChI is InChI=1S/C26H24FNO4/c1-16(2)32-15-14-28-23(20-11-5-6-13-21(20)27)22(25(30)26(28)31)24(29)19-12-7-9-17-8-3-4-10-18(17)19/h3-13,16,23,29H,14-15H2,1-2H3/b24-22+. The van der Waals surface area contributed by atoms with Gasteiger partial charge in [0.2, 0.25) is 0 Å². The number of carbonyl (C=O) groups excluding carboxylic acids is 2. The quantitative estimate of drug-likeness (QED) is 0.344. The maximum Gasteiger partial charge on any atom is 0.295 e. The third-order valence-electron chi connectivity index (χ3n) is 5.57. The lowest BCUT2D eigenvalue weighted by molar-refractivity contribution is -0.140. The molecule has 1 heterocycles. The van der Waals surface area contributed by atoms with Gasteiger partial charge in [-0.15, -0.1) is 0 Å². The van der Waals surface area contributed by atoms with Gasteiger partial charge >= 0.3 is 0 Å². The van der Waals surface area contributed by atoms with Crippen LogP contribution >= 0.6 is 0 Å². The monoisotopic (exact) mass is 433 g/mol. The fraction of sp³-hybridized carbons (Fsp3) is 0.231. The van der Waals surface area contributed by atoms with Crippen molar-refractivity contribution >= 4 is 28.2 Å². The summed E-state index contributed by atoms with van der Waals surface area (Å²) in [4.78, 5) is 27.3. The molecule has 1 amide bonds. The zero-order chi connectivity index (χ0) is 22.8. The summed E-state index contributed by atoms with van der Waals surface area (Å²) in [6.07, 6.45) is -0.0607. The van der Waals surface area contributed by atoms with E-state index >= 15 is 0 Å². The zero-order valence-corrected chi connectivity index (χ0v) is 17.9. The van der Waals surface area contributed by atoms with E-state index in [1.54, 1.807) is 18.2 Å². The molecule has 1 aliphatic heterocycles. The number of carbonyl (C=O) groups is 2. The highest BCUT2D eigenvalue weighted by atomic mass is 19.1. The van der Waals surface area contributed by atoms with E-state index in [2.05, 4.69) is 0 Å². The third-order valence-corrected chi connectivity index (χ3v) is 5.57. The van der Waals surface area contributed by atoms with Crippen molar-refractivity contribution in [1.29, 1.82) is 0 Å². The van der Waals surface area contributed by atoms with Gasteiger partial charge in [0.1, 0.15) is 11.6 Å². The number of benzene rings is 3. The van der Waals surface area contributed by atoms with Crippen molar-refractivity contribution in [3.05, 3.63) is 89.2 Å². The van der Waals surface area contributed by atoms with Crippen LogP contribution in [0.3, 0.4) is 0 Å². The third kappa shape index (κ3) is 3.89.